The van der Waals surface area contributed by atoms with E-state index >= 15 is 0 Å². The number of hydrogen-bond donors (Lipinski definition) is 2. The van der Waals surface area contributed by atoms with Gasteiger partial charge in [0.15, 0.2) is 22.4 Å². The highest BCUT2D eigenvalue weighted by Gasteiger charge is 2.42. The summed E-state index contributed by atoms with van der Waals surface area (Å²) in [5.41, 5.74) is 2.38. The van der Waals surface area contributed by atoms with Crippen molar-refractivity contribution in [3.63, 3.8) is 0 Å². The van der Waals surface area contributed by atoms with E-state index in [-0.39, 0.29) is 16.8 Å². The van der Waals surface area contributed by atoms with E-state index in [1.54, 1.807) is 18.9 Å². The summed E-state index contributed by atoms with van der Waals surface area (Å²) in [7, 11) is 1.59. The Hall–Kier alpha value is -2.74. The van der Waals surface area contributed by atoms with Crippen LogP contribution < -0.4 is 20.3 Å². The Labute approximate surface area is 211 Å². The van der Waals surface area contributed by atoms with E-state index in [0.717, 1.165) is 23.4 Å². The molecule has 0 saturated heterocycles. The van der Waals surface area contributed by atoms with E-state index in [2.05, 4.69) is 38.0 Å². The number of methoxy groups -OCH3 is 1. The Balaban J connectivity index is 1.85. The summed E-state index contributed by atoms with van der Waals surface area (Å²) in [6, 6.07) is 5.62. The fourth-order valence-electron chi connectivity index (χ4n) is 4.82. The number of aromatic nitrogens is 2. The molecule has 2 aliphatic rings. The van der Waals surface area contributed by atoms with Gasteiger partial charge in [-0.2, -0.15) is 0 Å². The summed E-state index contributed by atoms with van der Waals surface area (Å²) >= 11 is 1.55. The standard InChI is InChI=1S/C27H35N3O4S/c1-7-34-19-9-8-16(12-20(19)33-6)21-22-17(13-27(4,5)14-18(22)31)28-24-23(21)25(32)30-26(29-24)35-11-10-15(2)3/h8-9,12,15,21H,7,10-11,13-14H2,1-6H3,(H2,28,29,30,32). The number of ketones is 1. The SMILES string of the molecule is CCOc1ccc(C2C3=C(CC(C)(C)CC3=O)Nc3nc(SCCC(C)C)[nH]c(=O)c32)cc1OC. The average Bonchev–Trinajstić information content (AvgIpc) is 2.77. The minimum absolute atomic E-state index is 0.0574. The Morgan fingerprint density at radius 2 is 1.97 bits per heavy atom. The molecule has 1 aliphatic heterocycles. The first-order valence-corrected chi connectivity index (χ1v) is 13.2. The molecule has 0 radical (unpaired) electrons. The summed E-state index contributed by atoms with van der Waals surface area (Å²) in [4.78, 5) is 34.7. The van der Waals surface area contributed by atoms with Crippen molar-refractivity contribution in [3.8, 4) is 11.5 Å². The van der Waals surface area contributed by atoms with Crippen LogP contribution in [-0.4, -0.2) is 35.2 Å². The number of fused-ring (bicyclic) bond motifs is 1. The number of thioether (sulfide) groups is 1. The molecule has 1 aromatic heterocycles. The van der Waals surface area contributed by atoms with Crippen molar-refractivity contribution >= 4 is 23.4 Å². The van der Waals surface area contributed by atoms with Gasteiger partial charge in [0, 0.05) is 29.4 Å². The molecular formula is C27H35N3O4S. The van der Waals surface area contributed by atoms with Crippen molar-refractivity contribution < 1.29 is 14.3 Å². The van der Waals surface area contributed by atoms with Crippen LogP contribution in [0, 0.1) is 11.3 Å². The number of carbonyl (C=O) groups excluding carboxylic acids is 1. The van der Waals surface area contributed by atoms with Gasteiger partial charge in [-0.3, -0.25) is 9.59 Å². The van der Waals surface area contributed by atoms with Crippen molar-refractivity contribution in [3.05, 3.63) is 50.9 Å². The molecule has 0 amide bonds. The number of ether oxygens (including phenoxy) is 2. The normalized spacial score (nSPS) is 18.7. The van der Waals surface area contributed by atoms with Crippen LogP contribution in [0.1, 0.15) is 70.9 Å². The van der Waals surface area contributed by atoms with E-state index in [9.17, 15) is 9.59 Å². The second kappa shape index (κ2) is 10.1. The third kappa shape index (κ3) is 5.27. The first kappa shape index (κ1) is 25.4. The third-order valence-corrected chi connectivity index (χ3v) is 7.36. The van der Waals surface area contributed by atoms with Gasteiger partial charge >= 0.3 is 0 Å². The van der Waals surface area contributed by atoms with E-state index in [1.165, 1.54) is 0 Å². The second-order valence-corrected chi connectivity index (χ2v) is 11.5. The van der Waals surface area contributed by atoms with Gasteiger partial charge in [-0.15, -0.1) is 0 Å². The molecule has 0 spiro atoms. The van der Waals surface area contributed by atoms with Gasteiger partial charge < -0.3 is 19.8 Å². The Bertz CT molecular complexity index is 1220. The predicted octanol–water partition coefficient (Wildman–Crippen LogP) is 5.52. The highest BCUT2D eigenvalue weighted by molar-refractivity contribution is 7.99. The first-order valence-electron chi connectivity index (χ1n) is 12.2. The molecule has 2 N–H and O–H groups in total. The number of aromatic amines is 1. The van der Waals surface area contributed by atoms with Gasteiger partial charge in [0.1, 0.15) is 5.82 Å². The van der Waals surface area contributed by atoms with Crippen molar-refractivity contribution in [2.75, 3.05) is 24.8 Å². The molecule has 1 aliphatic carbocycles. The molecule has 8 heteroatoms. The lowest BCUT2D eigenvalue weighted by atomic mass is 9.69. The molecule has 2 heterocycles. The van der Waals surface area contributed by atoms with Gasteiger partial charge in [-0.1, -0.05) is 45.5 Å². The molecule has 0 fully saturated rings. The van der Waals surface area contributed by atoms with Crippen LogP contribution in [0.3, 0.4) is 0 Å². The van der Waals surface area contributed by atoms with Crippen LogP contribution >= 0.6 is 11.8 Å². The molecule has 7 nitrogen and oxygen atoms in total. The minimum Gasteiger partial charge on any atom is -0.493 e. The first-order chi connectivity index (χ1) is 16.6. The lowest BCUT2D eigenvalue weighted by molar-refractivity contribution is -0.118. The van der Waals surface area contributed by atoms with Gasteiger partial charge in [-0.25, -0.2) is 4.98 Å². The zero-order valence-electron chi connectivity index (χ0n) is 21.4. The Morgan fingerprint density at radius 3 is 2.66 bits per heavy atom. The highest BCUT2D eigenvalue weighted by Crippen LogP contribution is 2.48. The quantitative estimate of drug-likeness (QED) is 0.367. The molecule has 35 heavy (non-hydrogen) atoms. The van der Waals surface area contributed by atoms with Gasteiger partial charge in [0.05, 0.1) is 19.3 Å². The van der Waals surface area contributed by atoms with Crippen LogP contribution in [0.5, 0.6) is 11.5 Å². The fourth-order valence-corrected chi connectivity index (χ4v) is 5.93. The summed E-state index contributed by atoms with van der Waals surface area (Å²) in [5.74, 6) is 2.71. The summed E-state index contributed by atoms with van der Waals surface area (Å²) in [6.07, 6.45) is 2.18. The number of hydrogen-bond acceptors (Lipinski definition) is 7. The topological polar surface area (TPSA) is 93.3 Å². The number of rotatable bonds is 8. The third-order valence-electron chi connectivity index (χ3n) is 6.46. The lowest BCUT2D eigenvalue weighted by Crippen LogP contribution is -2.37. The fraction of sp³-hybridized carbons (Fsp3) is 0.519. The zero-order chi connectivity index (χ0) is 25.3. The smallest absolute Gasteiger partial charge is 0.257 e. The maximum atomic E-state index is 13.5. The van der Waals surface area contributed by atoms with Gasteiger partial charge in [-0.05, 0) is 48.8 Å². The molecular weight excluding hydrogens is 462 g/mol. The van der Waals surface area contributed by atoms with Crippen LogP contribution in [0.4, 0.5) is 5.82 Å². The van der Waals surface area contributed by atoms with Crippen molar-refractivity contribution in [1.29, 1.82) is 0 Å². The molecule has 0 bridgehead atoms. The molecule has 4 rings (SSSR count). The number of carbonyl (C=O) groups is 1. The maximum absolute atomic E-state index is 13.5. The number of nitrogens with zero attached hydrogens (tertiary/aromatic N) is 1. The molecule has 2 aromatic rings. The van der Waals surface area contributed by atoms with Gasteiger partial charge in [0.2, 0.25) is 0 Å². The van der Waals surface area contributed by atoms with Crippen molar-refractivity contribution in [2.24, 2.45) is 11.3 Å². The second-order valence-electron chi connectivity index (χ2n) is 10.4. The number of allylic oxidation sites excluding steroid dienone is 2. The molecule has 1 aromatic carbocycles. The number of Topliss-reactive ketones (excluding diaryl/α,β-unsaturated/α-hetero) is 1. The van der Waals surface area contributed by atoms with Crippen molar-refractivity contribution in [1.82, 2.24) is 9.97 Å². The highest BCUT2D eigenvalue weighted by atomic mass is 32.2. The van der Waals surface area contributed by atoms with E-state index < -0.39 is 5.92 Å². The van der Waals surface area contributed by atoms with E-state index in [4.69, 9.17) is 14.5 Å². The van der Waals surface area contributed by atoms with E-state index in [0.29, 0.717) is 59.0 Å². The van der Waals surface area contributed by atoms with E-state index in [1.807, 2.05) is 25.1 Å². The van der Waals surface area contributed by atoms with Crippen molar-refractivity contribution in [2.45, 2.75) is 65.0 Å². The summed E-state index contributed by atoms with van der Waals surface area (Å²) in [5, 5.41) is 3.98. The molecule has 188 valence electrons. The lowest BCUT2D eigenvalue weighted by Gasteiger charge is -2.38. The van der Waals surface area contributed by atoms with Crippen LogP contribution in [0.25, 0.3) is 0 Å². The van der Waals surface area contributed by atoms with Crippen LogP contribution in [0.2, 0.25) is 0 Å². The molecule has 1 atom stereocenters. The number of nitrogens with one attached hydrogen (secondary N) is 2. The molecule has 1 unspecified atom stereocenters. The molecule has 0 saturated carbocycles. The summed E-state index contributed by atoms with van der Waals surface area (Å²) < 4.78 is 11.3. The summed E-state index contributed by atoms with van der Waals surface area (Å²) in [6.45, 7) is 11.0. The zero-order valence-corrected chi connectivity index (χ0v) is 22.2. The number of anilines is 1. The van der Waals surface area contributed by atoms with Gasteiger partial charge in [0.25, 0.3) is 5.56 Å². The number of H-pyrrole nitrogens is 1. The monoisotopic (exact) mass is 497 g/mol. The Morgan fingerprint density at radius 1 is 1.20 bits per heavy atom. The largest absolute Gasteiger partial charge is 0.493 e. The number of benzene rings is 1. The van der Waals surface area contributed by atoms with Crippen LogP contribution in [0.15, 0.2) is 39.4 Å². The predicted molar refractivity (Wildman–Crippen MR) is 140 cm³/mol. The minimum atomic E-state index is -0.527. The average molecular weight is 498 g/mol. The Kier molecular flexibility index (Phi) is 7.31. The maximum Gasteiger partial charge on any atom is 0.257 e. The van der Waals surface area contributed by atoms with Crippen LogP contribution in [-0.2, 0) is 4.79 Å².